The second-order valence-corrected chi connectivity index (χ2v) is 4.97. The molecule has 0 nitrogen and oxygen atoms in total. The fourth-order valence-electron chi connectivity index (χ4n) is 1.74. The Bertz CT molecular complexity index is 649. The Morgan fingerprint density at radius 1 is 1.00 bits per heavy atom. The molecular weight excluding hydrogens is 289 g/mol. The van der Waals surface area contributed by atoms with Gasteiger partial charge in [-0.1, -0.05) is 41.4 Å². The SMILES string of the molecule is CC(=Cc1ccc(Cl)c(F)c1)c1ccc(Cl)cc1F. The zero-order valence-electron chi connectivity index (χ0n) is 10.1. The van der Waals surface area contributed by atoms with Gasteiger partial charge in [-0.2, -0.15) is 0 Å². The van der Waals surface area contributed by atoms with Crippen molar-refractivity contribution >= 4 is 34.9 Å². The summed E-state index contributed by atoms with van der Waals surface area (Å²) in [6.07, 6.45) is 1.69. The van der Waals surface area contributed by atoms with Gasteiger partial charge in [-0.15, -0.1) is 0 Å². The van der Waals surface area contributed by atoms with Gasteiger partial charge in [-0.3, -0.25) is 0 Å². The maximum absolute atomic E-state index is 13.7. The number of allylic oxidation sites excluding steroid dienone is 1. The van der Waals surface area contributed by atoms with Crippen molar-refractivity contribution < 1.29 is 8.78 Å². The van der Waals surface area contributed by atoms with Gasteiger partial charge in [0.25, 0.3) is 0 Å². The van der Waals surface area contributed by atoms with E-state index in [-0.39, 0.29) is 5.02 Å². The normalized spacial score (nSPS) is 11.7. The van der Waals surface area contributed by atoms with E-state index in [4.69, 9.17) is 23.2 Å². The van der Waals surface area contributed by atoms with Crippen LogP contribution in [0.1, 0.15) is 18.1 Å². The molecule has 0 heterocycles. The van der Waals surface area contributed by atoms with E-state index in [1.165, 1.54) is 18.2 Å². The maximum atomic E-state index is 13.7. The zero-order valence-corrected chi connectivity index (χ0v) is 11.6. The molecule has 0 unspecified atom stereocenters. The topological polar surface area (TPSA) is 0 Å². The van der Waals surface area contributed by atoms with Crippen LogP contribution in [0.15, 0.2) is 36.4 Å². The fraction of sp³-hybridized carbons (Fsp3) is 0.0667. The van der Waals surface area contributed by atoms with Crippen LogP contribution in [0, 0.1) is 11.6 Å². The molecule has 0 saturated heterocycles. The summed E-state index contributed by atoms with van der Waals surface area (Å²) in [5.74, 6) is -0.907. The Balaban J connectivity index is 2.39. The second-order valence-electron chi connectivity index (χ2n) is 4.13. The molecule has 19 heavy (non-hydrogen) atoms. The lowest BCUT2D eigenvalue weighted by Crippen LogP contribution is -1.87. The van der Waals surface area contributed by atoms with Gasteiger partial charge in [-0.25, -0.2) is 8.78 Å². The second kappa shape index (κ2) is 5.72. The first-order valence-electron chi connectivity index (χ1n) is 5.56. The van der Waals surface area contributed by atoms with E-state index in [1.807, 2.05) is 0 Å². The molecule has 0 spiro atoms. The number of rotatable bonds is 2. The molecule has 0 fully saturated rings. The molecule has 0 amide bonds. The van der Waals surface area contributed by atoms with Crippen LogP contribution < -0.4 is 0 Å². The molecule has 98 valence electrons. The lowest BCUT2D eigenvalue weighted by atomic mass is 10.0. The van der Waals surface area contributed by atoms with E-state index in [9.17, 15) is 8.78 Å². The predicted molar refractivity (Wildman–Crippen MR) is 76.4 cm³/mol. The van der Waals surface area contributed by atoms with E-state index < -0.39 is 11.6 Å². The van der Waals surface area contributed by atoms with E-state index in [0.29, 0.717) is 21.7 Å². The Labute approximate surface area is 120 Å². The van der Waals surface area contributed by atoms with Crippen molar-refractivity contribution in [2.75, 3.05) is 0 Å². The van der Waals surface area contributed by atoms with Crippen LogP contribution in [0.5, 0.6) is 0 Å². The van der Waals surface area contributed by atoms with Crippen molar-refractivity contribution in [1.29, 1.82) is 0 Å². The van der Waals surface area contributed by atoms with E-state index >= 15 is 0 Å². The Kier molecular flexibility index (Phi) is 4.23. The van der Waals surface area contributed by atoms with Gasteiger partial charge in [0.05, 0.1) is 5.02 Å². The Morgan fingerprint density at radius 2 is 1.74 bits per heavy atom. The minimum absolute atomic E-state index is 0.0625. The molecule has 0 atom stereocenters. The molecule has 0 radical (unpaired) electrons. The molecule has 0 aliphatic carbocycles. The third kappa shape index (κ3) is 3.34. The van der Waals surface area contributed by atoms with Crippen LogP contribution in [0.2, 0.25) is 10.0 Å². The first kappa shape index (κ1) is 14.0. The van der Waals surface area contributed by atoms with Gasteiger partial charge in [0.1, 0.15) is 11.6 Å². The maximum Gasteiger partial charge on any atom is 0.142 e. The smallest absolute Gasteiger partial charge is 0.142 e. The van der Waals surface area contributed by atoms with Crippen molar-refractivity contribution in [3.63, 3.8) is 0 Å². The summed E-state index contributed by atoms with van der Waals surface area (Å²) in [6.45, 7) is 1.75. The predicted octanol–water partition coefficient (Wildman–Crippen LogP) is 5.83. The molecule has 0 aliphatic heterocycles. The van der Waals surface area contributed by atoms with Crippen molar-refractivity contribution in [3.8, 4) is 0 Å². The minimum atomic E-state index is -0.500. The number of halogens is 4. The molecular formula is C15H10Cl2F2. The standard InChI is InChI=1S/C15H10Cl2F2/c1-9(12-4-3-11(16)8-14(12)18)6-10-2-5-13(17)15(19)7-10/h2-8H,1H3. The quantitative estimate of drug-likeness (QED) is 0.612. The zero-order chi connectivity index (χ0) is 14.0. The summed E-state index contributed by atoms with van der Waals surface area (Å²) in [6, 6.07) is 8.89. The lowest BCUT2D eigenvalue weighted by molar-refractivity contribution is 0.624. The molecule has 0 bridgehead atoms. The first-order chi connectivity index (χ1) is 8.97. The molecule has 0 aliphatic rings. The summed E-state index contributed by atoms with van der Waals surface area (Å²) in [4.78, 5) is 0. The molecule has 2 rings (SSSR count). The van der Waals surface area contributed by atoms with Gasteiger partial charge in [0.15, 0.2) is 0 Å². The van der Waals surface area contributed by atoms with Crippen LogP contribution >= 0.6 is 23.2 Å². The van der Waals surface area contributed by atoms with Crippen LogP contribution in [-0.4, -0.2) is 0 Å². The summed E-state index contributed by atoms with van der Waals surface area (Å²) in [5.41, 5.74) is 1.73. The van der Waals surface area contributed by atoms with Crippen LogP contribution in [0.4, 0.5) is 8.78 Å². The van der Waals surface area contributed by atoms with Gasteiger partial charge in [0, 0.05) is 10.6 Å². The van der Waals surface area contributed by atoms with E-state index in [2.05, 4.69) is 0 Å². The number of benzene rings is 2. The monoisotopic (exact) mass is 298 g/mol. The summed E-state index contributed by atoms with van der Waals surface area (Å²) in [5, 5.41) is 0.402. The number of hydrogen-bond donors (Lipinski definition) is 0. The van der Waals surface area contributed by atoms with Crippen molar-refractivity contribution in [1.82, 2.24) is 0 Å². The Morgan fingerprint density at radius 3 is 2.37 bits per heavy atom. The Hall–Kier alpha value is -1.38. The van der Waals surface area contributed by atoms with Gasteiger partial charge < -0.3 is 0 Å². The van der Waals surface area contributed by atoms with Crippen LogP contribution in [0.3, 0.4) is 0 Å². The van der Waals surface area contributed by atoms with Crippen molar-refractivity contribution in [2.24, 2.45) is 0 Å². The van der Waals surface area contributed by atoms with E-state index in [0.717, 1.165) is 0 Å². The lowest BCUT2D eigenvalue weighted by Gasteiger charge is -2.05. The minimum Gasteiger partial charge on any atom is -0.206 e. The number of hydrogen-bond acceptors (Lipinski definition) is 0. The summed E-state index contributed by atoms with van der Waals surface area (Å²) >= 11 is 11.3. The average Bonchev–Trinajstić information content (AvgIpc) is 2.33. The van der Waals surface area contributed by atoms with Crippen LogP contribution in [-0.2, 0) is 0 Å². The van der Waals surface area contributed by atoms with Gasteiger partial charge >= 0.3 is 0 Å². The third-order valence-electron chi connectivity index (χ3n) is 2.68. The average molecular weight is 299 g/mol. The highest BCUT2D eigenvalue weighted by atomic mass is 35.5. The largest absolute Gasteiger partial charge is 0.206 e. The fourth-order valence-corrected chi connectivity index (χ4v) is 2.02. The highest BCUT2D eigenvalue weighted by molar-refractivity contribution is 6.31. The summed E-state index contributed by atoms with van der Waals surface area (Å²) < 4.78 is 27.0. The third-order valence-corrected chi connectivity index (χ3v) is 3.22. The molecule has 4 heteroatoms. The van der Waals surface area contributed by atoms with Gasteiger partial charge in [-0.05, 0) is 42.3 Å². The molecule has 2 aromatic rings. The highest BCUT2D eigenvalue weighted by Crippen LogP contribution is 2.24. The van der Waals surface area contributed by atoms with Crippen molar-refractivity contribution in [3.05, 3.63) is 69.2 Å². The first-order valence-corrected chi connectivity index (χ1v) is 6.32. The molecule has 0 aromatic heterocycles. The molecule has 0 N–H and O–H groups in total. The highest BCUT2D eigenvalue weighted by Gasteiger charge is 2.06. The van der Waals surface area contributed by atoms with Crippen molar-refractivity contribution in [2.45, 2.75) is 6.92 Å². The van der Waals surface area contributed by atoms with Crippen LogP contribution in [0.25, 0.3) is 11.6 Å². The summed E-state index contributed by atoms with van der Waals surface area (Å²) in [7, 11) is 0. The van der Waals surface area contributed by atoms with E-state index in [1.54, 1.807) is 31.2 Å². The molecule has 0 saturated carbocycles. The van der Waals surface area contributed by atoms with Gasteiger partial charge in [0.2, 0.25) is 0 Å². The molecule has 2 aromatic carbocycles.